The third-order valence-corrected chi connectivity index (χ3v) is 5.37. The summed E-state index contributed by atoms with van der Waals surface area (Å²) in [5, 5.41) is 11.1. The first kappa shape index (κ1) is 18.9. The maximum Gasteiger partial charge on any atom is 0.118 e. The lowest BCUT2D eigenvalue weighted by molar-refractivity contribution is -0.0650. The third-order valence-electron chi connectivity index (χ3n) is 5.37. The predicted octanol–water partition coefficient (Wildman–Crippen LogP) is 3.80. The normalized spacial score (nSPS) is 18.4. The van der Waals surface area contributed by atoms with E-state index in [1.165, 1.54) is 5.56 Å². The Bertz CT molecular complexity index is 664. The van der Waals surface area contributed by atoms with Gasteiger partial charge in [0.1, 0.15) is 5.75 Å². The second kappa shape index (κ2) is 8.67. The Kier molecular flexibility index (Phi) is 6.30. The zero-order valence-corrected chi connectivity index (χ0v) is 15.7. The number of benzene rings is 2. The summed E-state index contributed by atoms with van der Waals surface area (Å²) in [5.74, 6) is 0.883. The van der Waals surface area contributed by atoms with E-state index in [-0.39, 0.29) is 6.10 Å². The minimum absolute atomic E-state index is 0.0608. The van der Waals surface area contributed by atoms with Crippen molar-refractivity contribution in [3.8, 4) is 5.75 Å². The summed E-state index contributed by atoms with van der Waals surface area (Å²) in [5.41, 5.74) is 1.74. The number of piperidine rings is 1. The van der Waals surface area contributed by atoms with Crippen molar-refractivity contribution in [2.45, 2.75) is 37.5 Å². The van der Waals surface area contributed by atoms with Crippen LogP contribution in [0.2, 0.25) is 0 Å². The van der Waals surface area contributed by atoms with Crippen LogP contribution in [0.4, 0.5) is 0 Å². The van der Waals surface area contributed by atoms with Crippen LogP contribution in [0.3, 0.4) is 0 Å². The largest absolute Gasteiger partial charge is 0.497 e. The summed E-state index contributed by atoms with van der Waals surface area (Å²) in [6.07, 6.45) is 2.13. The van der Waals surface area contributed by atoms with Crippen molar-refractivity contribution < 1.29 is 14.6 Å². The molecule has 0 bridgehead atoms. The summed E-state index contributed by atoms with van der Waals surface area (Å²) in [7, 11) is 3.41. The van der Waals surface area contributed by atoms with Crippen molar-refractivity contribution >= 4 is 0 Å². The Morgan fingerprint density at radius 3 is 2.23 bits per heavy atom. The summed E-state index contributed by atoms with van der Waals surface area (Å²) < 4.78 is 10.9. The molecule has 0 amide bonds. The van der Waals surface area contributed by atoms with E-state index >= 15 is 0 Å². The molecular formula is C22H29NO3. The van der Waals surface area contributed by atoms with E-state index < -0.39 is 5.60 Å². The monoisotopic (exact) mass is 355 g/mol. The van der Waals surface area contributed by atoms with Gasteiger partial charge < -0.3 is 14.6 Å². The van der Waals surface area contributed by atoms with Gasteiger partial charge in [-0.3, -0.25) is 4.90 Å². The van der Waals surface area contributed by atoms with Crippen molar-refractivity contribution in [1.29, 1.82) is 0 Å². The highest BCUT2D eigenvalue weighted by atomic mass is 16.5. The Labute approximate surface area is 156 Å². The number of hydrogen-bond acceptors (Lipinski definition) is 4. The molecule has 0 aromatic heterocycles. The maximum atomic E-state index is 11.1. The first-order valence-corrected chi connectivity index (χ1v) is 9.27. The van der Waals surface area contributed by atoms with Crippen LogP contribution < -0.4 is 4.74 Å². The van der Waals surface area contributed by atoms with Crippen molar-refractivity contribution in [2.24, 2.45) is 0 Å². The molecule has 1 unspecified atom stereocenters. The first-order valence-electron chi connectivity index (χ1n) is 9.27. The van der Waals surface area contributed by atoms with Gasteiger partial charge in [0.25, 0.3) is 0 Å². The minimum atomic E-state index is -0.660. The molecule has 0 spiro atoms. The second-order valence-corrected chi connectivity index (χ2v) is 7.19. The van der Waals surface area contributed by atoms with Crippen LogP contribution in [0.1, 0.15) is 36.5 Å². The molecule has 1 fully saturated rings. The van der Waals surface area contributed by atoms with Gasteiger partial charge in [-0.2, -0.15) is 0 Å². The number of likely N-dealkylation sites (tertiary alicyclic amines) is 1. The van der Waals surface area contributed by atoms with Crippen molar-refractivity contribution in [1.82, 2.24) is 4.90 Å². The molecule has 140 valence electrons. The Balaban J connectivity index is 1.54. The average Bonchev–Trinajstić information content (AvgIpc) is 2.69. The molecular weight excluding hydrogens is 326 g/mol. The quantitative estimate of drug-likeness (QED) is 0.820. The summed E-state index contributed by atoms with van der Waals surface area (Å²) >= 11 is 0. The topological polar surface area (TPSA) is 41.9 Å². The molecule has 2 aromatic carbocycles. The van der Waals surface area contributed by atoms with E-state index in [0.717, 1.165) is 43.8 Å². The molecule has 0 radical (unpaired) electrons. The molecule has 4 nitrogen and oxygen atoms in total. The molecule has 0 aliphatic carbocycles. The molecule has 1 saturated heterocycles. The lowest BCUT2D eigenvalue weighted by atomic mass is 9.84. The molecule has 1 atom stereocenters. The summed E-state index contributed by atoms with van der Waals surface area (Å²) in [6.45, 7) is 2.70. The fourth-order valence-corrected chi connectivity index (χ4v) is 3.67. The SMILES string of the molecule is COc1ccc(CN2CCC(O)(CC(OC)c3ccccc3)CC2)cc1. The number of aliphatic hydroxyl groups is 1. The Morgan fingerprint density at radius 1 is 1.00 bits per heavy atom. The van der Waals surface area contributed by atoms with Gasteiger partial charge >= 0.3 is 0 Å². The minimum Gasteiger partial charge on any atom is -0.497 e. The predicted molar refractivity (Wildman–Crippen MR) is 103 cm³/mol. The van der Waals surface area contributed by atoms with E-state index in [9.17, 15) is 5.11 Å². The van der Waals surface area contributed by atoms with Gasteiger partial charge in [-0.15, -0.1) is 0 Å². The number of rotatable bonds is 7. The van der Waals surface area contributed by atoms with Crippen molar-refractivity contribution in [3.63, 3.8) is 0 Å². The van der Waals surface area contributed by atoms with E-state index in [1.807, 2.05) is 30.3 Å². The molecule has 2 aromatic rings. The smallest absolute Gasteiger partial charge is 0.118 e. The standard InChI is InChI=1S/C22H29NO3/c1-25-20-10-8-18(9-11-20)17-23-14-12-22(24,13-15-23)16-21(26-2)19-6-4-3-5-7-19/h3-11,21,24H,12-17H2,1-2H3. The highest BCUT2D eigenvalue weighted by Crippen LogP contribution is 2.34. The molecule has 1 aliphatic heterocycles. The van der Waals surface area contributed by atoms with E-state index in [4.69, 9.17) is 9.47 Å². The lowest BCUT2D eigenvalue weighted by Gasteiger charge is -2.40. The van der Waals surface area contributed by atoms with Gasteiger partial charge in [0.05, 0.1) is 18.8 Å². The third kappa shape index (κ3) is 4.85. The van der Waals surface area contributed by atoms with Gasteiger partial charge in [-0.25, -0.2) is 0 Å². The number of hydrogen-bond donors (Lipinski definition) is 1. The molecule has 0 saturated carbocycles. The molecule has 26 heavy (non-hydrogen) atoms. The first-order chi connectivity index (χ1) is 12.6. The van der Waals surface area contributed by atoms with Crippen LogP contribution in [-0.4, -0.2) is 42.9 Å². The lowest BCUT2D eigenvalue weighted by Crippen LogP contribution is -2.45. The number of nitrogens with zero attached hydrogens (tertiary/aromatic N) is 1. The van der Waals surface area contributed by atoms with Crippen molar-refractivity contribution in [2.75, 3.05) is 27.3 Å². The molecule has 1 heterocycles. The van der Waals surface area contributed by atoms with Crippen LogP contribution >= 0.6 is 0 Å². The fourth-order valence-electron chi connectivity index (χ4n) is 3.67. The molecule has 1 N–H and O–H groups in total. The van der Waals surface area contributed by atoms with Gasteiger partial charge in [0.15, 0.2) is 0 Å². The van der Waals surface area contributed by atoms with Crippen LogP contribution in [0.15, 0.2) is 54.6 Å². The van der Waals surface area contributed by atoms with Crippen LogP contribution in [0, 0.1) is 0 Å². The van der Waals surface area contributed by atoms with E-state index in [2.05, 4.69) is 29.2 Å². The summed E-state index contributed by atoms with van der Waals surface area (Å²) in [6, 6.07) is 18.4. The van der Waals surface area contributed by atoms with Gasteiger partial charge in [-0.1, -0.05) is 42.5 Å². The maximum absolute atomic E-state index is 11.1. The van der Waals surface area contributed by atoms with Crippen molar-refractivity contribution in [3.05, 3.63) is 65.7 Å². The molecule has 1 aliphatic rings. The average molecular weight is 355 g/mol. The summed E-state index contributed by atoms with van der Waals surface area (Å²) in [4.78, 5) is 2.40. The number of methoxy groups -OCH3 is 2. The highest BCUT2D eigenvalue weighted by molar-refractivity contribution is 5.27. The number of ether oxygens (including phenoxy) is 2. The van der Waals surface area contributed by atoms with E-state index in [0.29, 0.717) is 6.42 Å². The van der Waals surface area contributed by atoms with Gasteiger partial charge in [0, 0.05) is 33.2 Å². The molecule has 3 rings (SSSR count). The highest BCUT2D eigenvalue weighted by Gasteiger charge is 2.35. The van der Waals surface area contributed by atoms with Crippen LogP contribution in [0.25, 0.3) is 0 Å². The molecule has 4 heteroatoms. The fraction of sp³-hybridized carbons (Fsp3) is 0.455. The van der Waals surface area contributed by atoms with Crippen LogP contribution in [-0.2, 0) is 11.3 Å². The van der Waals surface area contributed by atoms with E-state index in [1.54, 1.807) is 14.2 Å². The Hall–Kier alpha value is -1.88. The zero-order valence-electron chi connectivity index (χ0n) is 15.7. The van der Waals surface area contributed by atoms with Gasteiger partial charge in [-0.05, 0) is 36.1 Å². The second-order valence-electron chi connectivity index (χ2n) is 7.19. The zero-order chi connectivity index (χ0) is 18.4. The Morgan fingerprint density at radius 2 is 1.65 bits per heavy atom. The van der Waals surface area contributed by atoms with Crippen LogP contribution in [0.5, 0.6) is 5.75 Å². The van der Waals surface area contributed by atoms with Gasteiger partial charge in [0.2, 0.25) is 0 Å².